The van der Waals surface area contributed by atoms with Crippen LogP contribution >= 0.6 is 23.1 Å². The number of nitrogens with one attached hydrogen (secondary N) is 2. The fraction of sp³-hybridized carbons (Fsp3) is 0.357. The Hall–Kier alpha value is -3.01. The van der Waals surface area contributed by atoms with Gasteiger partial charge in [-0.2, -0.15) is 4.98 Å². The first kappa shape index (κ1) is 25.6. The molecule has 0 atom stereocenters. The molecule has 37 heavy (non-hydrogen) atoms. The van der Waals surface area contributed by atoms with Crippen LogP contribution in [0.2, 0.25) is 0 Å². The van der Waals surface area contributed by atoms with Crippen molar-refractivity contribution in [3.63, 3.8) is 0 Å². The summed E-state index contributed by atoms with van der Waals surface area (Å²) in [4.78, 5) is 13.1. The third-order valence-electron chi connectivity index (χ3n) is 6.15. The molecule has 9 heteroatoms. The predicted molar refractivity (Wildman–Crippen MR) is 156 cm³/mol. The first-order chi connectivity index (χ1) is 18.0. The number of thiophene rings is 1. The van der Waals surface area contributed by atoms with Gasteiger partial charge < -0.3 is 25.4 Å². The minimum Gasteiger partial charge on any atom is -0.492 e. The van der Waals surface area contributed by atoms with Crippen molar-refractivity contribution < 1.29 is 9.84 Å². The third-order valence-corrected chi connectivity index (χ3v) is 8.14. The minimum absolute atomic E-state index is 0.202. The molecule has 0 aliphatic carbocycles. The van der Waals surface area contributed by atoms with Crippen LogP contribution in [0.15, 0.2) is 58.8 Å². The van der Waals surface area contributed by atoms with Gasteiger partial charge in [-0.15, -0.1) is 23.1 Å². The molecule has 1 aliphatic rings. The van der Waals surface area contributed by atoms with Crippen LogP contribution in [-0.2, 0) is 0 Å². The van der Waals surface area contributed by atoms with E-state index in [1.165, 1.54) is 4.90 Å². The van der Waals surface area contributed by atoms with Crippen LogP contribution in [0, 0.1) is 0 Å². The van der Waals surface area contributed by atoms with Gasteiger partial charge in [0.15, 0.2) is 5.82 Å². The van der Waals surface area contributed by atoms with Crippen LogP contribution in [-0.4, -0.2) is 46.1 Å². The van der Waals surface area contributed by atoms with Crippen LogP contribution in [0.1, 0.15) is 33.6 Å². The first-order valence-electron chi connectivity index (χ1n) is 12.7. The molecular formula is C28H33N5O2S2. The highest BCUT2D eigenvalue weighted by Gasteiger charge is 2.19. The fourth-order valence-electron chi connectivity index (χ4n) is 4.39. The number of nitrogens with zero attached hydrogens (tertiary/aromatic N) is 3. The van der Waals surface area contributed by atoms with Crippen molar-refractivity contribution in [2.45, 2.75) is 49.9 Å². The number of para-hydroxylation sites is 1. The molecule has 1 aliphatic heterocycles. The zero-order valence-electron chi connectivity index (χ0n) is 21.4. The lowest BCUT2D eigenvalue weighted by Gasteiger charge is -2.32. The van der Waals surface area contributed by atoms with Crippen molar-refractivity contribution >= 4 is 62.1 Å². The summed E-state index contributed by atoms with van der Waals surface area (Å²) < 4.78 is 7.02. The second-order valence-corrected chi connectivity index (χ2v) is 11.8. The van der Waals surface area contributed by atoms with Gasteiger partial charge in [0.25, 0.3) is 0 Å². The minimum atomic E-state index is -0.202. The van der Waals surface area contributed by atoms with Crippen LogP contribution in [0.4, 0.5) is 28.8 Å². The quantitative estimate of drug-likeness (QED) is 0.197. The lowest BCUT2D eigenvalue weighted by molar-refractivity contribution is 0.145. The maximum atomic E-state index is 9.87. The number of rotatable bonds is 9. The van der Waals surface area contributed by atoms with Gasteiger partial charge in [-0.3, -0.25) is 0 Å². The molecule has 0 spiro atoms. The van der Waals surface area contributed by atoms with Gasteiger partial charge in [-0.1, -0.05) is 26.0 Å². The van der Waals surface area contributed by atoms with Crippen LogP contribution in [0.5, 0.6) is 5.75 Å². The van der Waals surface area contributed by atoms with E-state index in [0.717, 1.165) is 64.8 Å². The van der Waals surface area contributed by atoms with Gasteiger partial charge in [0.05, 0.1) is 34.3 Å². The van der Waals surface area contributed by atoms with Crippen LogP contribution in [0.3, 0.4) is 0 Å². The zero-order valence-corrected chi connectivity index (χ0v) is 23.0. The summed E-state index contributed by atoms with van der Waals surface area (Å²) in [6.45, 7) is 8.60. The number of thioether (sulfide) groups is 1. The van der Waals surface area contributed by atoms with E-state index in [1.807, 2.05) is 42.3 Å². The summed E-state index contributed by atoms with van der Waals surface area (Å²) in [6, 6.07) is 16.5. The Balaban J connectivity index is 1.44. The number of aromatic nitrogens is 2. The summed E-state index contributed by atoms with van der Waals surface area (Å²) in [6.07, 6.45) is 1.37. The number of hydrogen-bond acceptors (Lipinski definition) is 9. The van der Waals surface area contributed by atoms with Crippen molar-refractivity contribution in [3.8, 4) is 5.75 Å². The zero-order chi connectivity index (χ0) is 25.8. The average molecular weight is 536 g/mol. The topological polar surface area (TPSA) is 82.5 Å². The van der Waals surface area contributed by atoms with Crippen molar-refractivity contribution in [2.75, 3.05) is 35.2 Å². The molecular weight excluding hydrogens is 502 g/mol. The first-order valence-corrected chi connectivity index (χ1v) is 14.5. The SMILES string of the molecule is CCOc1cc(N2CCC(O)CC2)ccc1Nc1nc(Nc2ccccc2SC(C)C)c2sccc2n1. The van der Waals surface area contributed by atoms with E-state index in [2.05, 4.69) is 59.7 Å². The Kier molecular flexibility index (Phi) is 8.02. The summed E-state index contributed by atoms with van der Waals surface area (Å²) >= 11 is 3.45. The number of anilines is 5. The molecule has 0 amide bonds. The molecule has 1 fully saturated rings. The molecule has 194 valence electrons. The Morgan fingerprint density at radius 3 is 2.68 bits per heavy atom. The van der Waals surface area contributed by atoms with Crippen molar-refractivity contribution in [2.24, 2.45) is 0 Å². The number of aliphatic hydroxyl groups excluding tert-OH is 1. The van der Waals surface area contributed by atoms with Gasteiger partial charge in [-0.25, -0.2) is 4.98 Å². The molecule has 5 rings (SSSR count). The summed E-state index contributed by atoms with van der Waals surface area (Å²) in [5.74, 6) is 2.05. The van der Waals surface area contributed by atoms with Gasteiger partial charge in [0.2, 0.25) is 5.95 Å². The molecule has 3 N–H and O–H groups in total. The molecule has 7 nitrogen and oxygen atoms in total. The molecule has 0 radical (unpaired) electrons. The van der Waals surface area contributed by atoms with Gasteiger partial charge in [-0.05, 0) is 55.5 Å². The molecule has 4 aromatic rings. The lowest BCUT2D eigenvalue weighted by Crippen LogP contribution is -2.35. The second kappa shape index (κ2) is 11.6. The highest BCUT2D eigenvalue weighted by molar-refractivity contribution is 8.00. The monoisotopic (exact) mass is 535 g/mol. The van der Waals surface area contributed by atoms with E-state index in [1.54, 1.807) is 11.3 Å². The smallest absolute Gasteiger partial charge is 0.229 e. The highest BCUT2D eigenvalue weighted by atomic mass is 32.2. The van der Waals surface area contributed by atoms with Crippen LogP contribution < -0.4 is 20.3 Å². The van der Waals surface area contributed by atoms with E-state index >= 15 is 0 Å². The van der Waals surface area contributed by atoms with Crippen LogP contribution in [0.25, 0.3) is 10.2 Å². The molecule has 0 unspecified atom stereocenters. The number of hydrogen-bond donors (Lipinski definition) is 3. The maximum Gasteiger partial charge on any atom is 0.229 e. The maximum absolute atomic E-state index is 9.87. The van der Waals surface area contributed by atoms with Crippen molar-refractivity contribution in [3.05, 3.63) is 53.9 Å². The number of ether oxygens (including phenoxy) is 1. The largest absolute Gasteiger partial charge is 0.492 e. The lowest BCUT2D eigenvalue weighted by atomic mass is 10.1. The van der Waals surface area contributed by atoms with Gasteiger partial charge >= 0.3 is 0 Å². The summed E-state index contributed by atoms with van der Waals surface area (Å²) in [5, 5.41) is 19.4. The standard InChI is InChI=1S/C28H33N5O2S2/c1-4-35-24-17-19(33-14-11-20(34)12-15-33)9-10-21(24)30-28-31-23-13-16-36-26(23)27(32-28)29-22-7-5-6-8-25(22)37-18(2)3/h5-10,13,16-18,20,34H,4,11-12,14-15H2,1-3H3,(H2,29,30,31,32). The fourth-order valence-corrected chi connectivity index (χ4v) is 6.08. The highest BCUT2D eigenvalue weighted by Crippen LogP contribution is 2.37. The van der Waals surface area contributed by atoms with E-state index in [9.17, 15) is 5.11 Å². The molecule has 3 heterocycles. The Bertz CT molecular complexity index is 1350. The van der Waals surface area contributed by atoms with E-state index in [-0.39, 0.29) is 6.10 Å². The number of aliphatic hydroxyl groups is 1. The van der Waals surface area contributed by atoms with Crippen molar-refractivity contribution in [1.82, 2.24) is 9.97 Å². The van der Waals surface area contributed by atoms with E-state index in [0.29, 0.717) is 17.8 Å². The van der Waals surface area contributed by atoms with E-state index < -0.39 is 0 Å². The van der Waals surface area contributed by atoms with Gasteiger partial charge in [0.1, 0.15) is 5.75 Å². The van der Waals surface area contributed by atoms with Gasteiger partial charge in [0, 0.05) is 35.0 Å². The molecule has 0 bridgehead atoms. The summed E-state index contributed by atoms with van der Waals surface area (Å²) in [5.41, 5.74) is 3.84. The van der Waals surface area contributed by atoms with Crippen molar-refractivity contribution in [1.29, 1.82) is 0 Å². The number of fused-ring (bicyclic) bond motifs is 1. The molecule has 1 saturated heterocycles. The second-order valence-electron chi connectivity index (χ2n) is 9.28. The third kappa shape index (κ3) is 6.11. The normalized spacial score (nSPS) is 14.4. The Morgan fingerprint density at radius 1 is 1.08 bits per heavy atom. The Labute approximate surface area is 226 Å². The predicted octanol–water partition coefficient (Wildman–Crippen LogP) is 7.04. The molecule has 0 saturated carbocycles. The van der Waals surface area contributed by atoms with E-state index in [4.69, 9.17) is 14.7 Å². The summed E-state index contributed by atoms with van der Waals surface area (Å²) in [7, 11) is 0. The number of benzene rings is 2. The average Bonchev–Trinajstić information content (AvgIpc) is 3.36. The molecule has 2 aromatic heterocycles. The number of piperidine rings is 1. The molecule has 2 aromatic carbocycles. The Morgan fingerprint density at radius 2 is 1.89 bits per heavy atom.